The van der Waals surface area contributed by atoms with E-state index in [4.69, 9.17) is 9.47 Å². The van der Waals surface area contributed by atoms with Crippen molar-refractivity contribution in [2.45, 2.75) is 45.4 Å². The maximum Gasteiger partial charge on any atom is 0.408 e. The number of ether oxygens (including phenoxy) is 2. The van der Waals surface area contributed by atoms with Crippen LogP contribution in [-0.2, 0) is 27.3 Å². The van der Waals surface area contributed by atoms with Crippen LogP contribution in [0, 0.1) is 10.1 Å². The van der Waals surface area contributed by atoms with Crippen molar-refractivity contribution in [1.29, 1.82) is 0 Å². The summed E-state index contributed by atoms with van der Waals surface area (Å²) in [5.41, 5.74) is 0.653. The van der Waals surface area contributed by atoms with Gasteiger partial charge in [0.15, 0.2) is 0 Å². The molecular formula is C21H24N2O6. The molecule has 0 saturated carbocycles. The molecule has 8 nitrogen and oxygen atoms in total. The summed E-state index contributed by atoms with van der Waals surface area (Å²) in [6, 6.07) is 13.9. The Morgan fingerprint density at radius 2 is 1.66 bits per heavy atom. The molecular weight excluding hydrogens is 376 g/mol. The quantitative estimate of drug-likeness (QED) is 0.431. The monoisotopic (exact) mass is 400 g/mol. The molecule has 0 aliphatic rings. The van der Waals surface area contributed by atoms with Crippen molar-refractivity contribution in [1.82, 2.24) is 5.32 Å². The number of hydrogen-bond acceptors (Lipinski definition) is 6. The fourth-order valence-corrected chi connectivity index (χ4v) is 2.46. The number of nitrogens with one attached hydrogen (secondary N) is 1. The van der Waals surface area contributed by atoms with Gasteiger partial charge in [0.25, 0.3) is 5.69 Å². The second-order valence-electron chi connectivity index (χ2n) is 7.42. The van der Waals surface area contributed by atoms with Gasteiger partial charge in [0.1, 0.15) is 18.2 Å². The van der Waals surface area contributed by atoms with Crippen LogP contribution in [0.1, 0.15) is 31.9 Å². The lowest BCUT2D eigenvalue weighted by Gasteiger charge is -2.24. The van der Waals surface area contributed by atoms with Crippen LogP contribution in [0.15, 0.2) is 54.6 Å². The topological polar surface area (TPSA) is 108 Å². The number of carbonyl (C=O) groups excluding carboxylic acids is 2. The Balaban J connectivity index is 2.06. The summed E-state index contributed by atoms with van der Waals surface area (Å²) in [6.07, 6.45) is -0.653. The van der Waals surface area contributed by atoms with Gasteiger partial charge in [-0.25, -0.2) is 9.59 Å². The number of alkyl carbamates (subject to hydrolysis) is 1. The Labute approximate surface area is 169 Å². The van der Waals surface area contributed by atoms with E-state index in [0.717, 1.165) is 5.56 Å². The van der Waals surface area contributed by atoms with Gasteiger partial charge in [0, 0.05) is 18.6 Å². The summed E-state index contributed by atoms with van der Waals surface area (Å²) < 4.78 is 10.6. The Kier molecular flexibility index (Phi) is 7.30. The van der Waals surface area contributed by atoms with Crippen molar-refractivity contribution in [3.8, 4) is 0 Å². The molecule has 0 aromatic heterocycles. The van der Waals surface area contributed by atoms with Crippen molar-refractivity contribution in [2.75, 3.05) is 0 Å². The van der Waals surface area contributed by atoms with Gasteiger partial charge in [-0.3, -0.25) is 10.1 Å². The Bertz CT molecular complexity index is 844. The molecule has 154 valence electrons. The molecule has 0 radical (unpaired) electrons. The van der Waals surface area contributed by atoms with E-state index in [0.29, 0.717) is 5.56 Å². The number of nitro groups is 1. The SMILES string of the molecule is CC(C)(C)OC(=O)C(Cc1ccc([N+](=O)[O-])cc1)NC(=O)OCc1ccccc1. The number of carbonyl (C=O) groups is 2. The number of nitro benzene ring substituents is 1. The van der Waals surface area contributed by atoms with Crippen molar-refractivity contribution in [2.24, 2.45) is 0 Å². The molecule has 1 atom stereocenters. The molecule has 1 N–H and O–H groups in total. The van der Waals surface area contributed by atoms with Gasteiger partial charge >= 0.3 is 12.1 Å². The average molecular weight is 400 g/mol. The first-order valence-corrected chi connectivity index (χ1v) is 9.07. The van der Waals surface area contributed by atoms with Gasteiger partial charge in [-0.05, 0) is 31.9 Å². The first kappa shape index (κ1) is 21.9. The molecule has 0 spiro atoms. The predicted molar refractivity (Wildman–Crippen MR) is 106 cm³/mol. The van der Waals surface area contributed by atoms with E-state index in [1.54, 1.807) is 20.8 Å². The summed E-state index contributed by atoms with van der Waals surface area (Å²) in [6.45, 7) is 5.23. The molecule has 1 amide bonds. The van der Waals surface area contributed by atoms with E-state index in [2.05, 4.69) is 5.32 Å². The number of nitrogens with zero attached hydrogens (tertiary/aromatic N) is 1. The summed E-state index contributed by atoms with van der Waals surface area (Å²) in [7, 11) is 0. The van der Waals surface area contributed by atoms with Crippen LogP contribution >= 0.6 is 0 Å². The molecule has 2 aromatic carbocycles. The van der Waals surface area contributed by atoms with E-state index in [1.807, 2.05) is 30.3 Å². The first-order valence-electron chi connectivity index (χ1n) is 9.07. The van der Waals surface area contributed by atoms with Crippen LogP contribution < -0.4 is 5.32 Å². The zero-order valence-electron chi connectivity index (χ0n) is 16.6. The van der Waals surface area contributed by atoms with Gasteiger partial charge in [0.05, 0.1) is 4.92 Å². The second kappa shape index (κ2) is 9.68. The van der Waals surface area contributed by atoms with Crippen molar-refractivity contribution >= 4 is 17.7 Å². The number of amides is 1. The molecule has 0 fully saturated rings. The van der Waals surface area contributed by atoms with Crippen LogP contribution in [-0.4, -0.2) is 28.6 Å². The van der Waals surface area contributed by atoms with Gasteiger partial charge in [0.2, 0.25) is 0 Å². The molecule has 1 unspecified atom stereocenters. The highest BCUT2D eigenvalue weighted by Gasteiger charge is 2.27. The highest BCUT2D eigenvalue weighted by molar-refractivity contribution is 5.82. The summed E-state index contributed by atoms with van der Waals surface area (Å²) in [5, 5.41) is 13.3. The number of rotatable bonds is 7. The Morgan fingerprint density at radius 1 is 1.03 bits per heavy atom. The molecule has 8 heteroatoms. The van der Waals surface area contributed by atoms with E-state index >= 15 is 0 Å². The number of hydrogen-bond donors (Lipinski definition) is 1. The molecule has 0 saturated heterocycles. The van der Waals surface area contributed by atoms with Crippen molar-refractivity contribution in [3.63, 3.8) is 0 Å². The molecule has 0 bridgehead atoms. The van der Waals surface area contributed by atoms with Crippen LogP contribution in [0.5, 0.6) is 0 Å². The molecule has 29 heavy (non-hydrogen) atoms. The van der Waals surface area contributed by atoms with Crippen LogP contribution in [0.3, 0.4) is 0 Å². The van der Waals surface area contributed by atoms with Crippen LogP contribution in [0.25, 0.3) is 0 Å². The molecule has 2 aromatic rings. The predicted octanol–water partition coefficient (Wildman–Crippen LogP) is 3.77. The lowest BCUT2D eigenvalue weighted by molar-refractivity contribution is -0.384. The first-order chi connectivity index (χ1) is 13.6. The minimum absolute atomic E-state index is 0.0576. The van der Waals surface area contributed by atoms with E-state index in [-0.39, 0.29) is 18.7 Å². The highest BCUT2D eigenvalue weighted by Crippen LogP contribution is 2.15. The van der Waals surface area contributed by atoms with E-state index < -0.39 is 28.6 Å². The van der Waals surface area contributed by atoms with Gasteiger partial charge in [-0.1, -0.05) is 42.5 Å². The zero-order chi connectivity index (χ0) is 21.4. The van der Waals surface area contributed by atoms with Crippen molar-refractivity contribution in [3.05, 3.63) is 75.8 Å². The molecule has 0 heterocycles. The minimum atomic E-state index is -1.00. The number of esters is 1. The summed E-state index contributed by atoms with van der Waals surface area (Å²) >= 11 is 0. The lowest BCUT2D eigenvalue weighted by atomic mass is 10.1. The third kappa shape index (κ3) is 7.61. The average Bonchev–Trinajstić information content (AvgIpc) is 2.66. The van der Waals surface area contributed by atoms with Gasteiger partial charge in [-0.2, -0.15) is 0 Å². The van der Waals surface area contributed by atoms with Crippen LogP contribution in [0.4, 0.5) is 10.5 Å². The largest absolute Gasteiger partial charge is 0.458 e. The lowest BCUT2D eigenvalue weighted by Crippen LogP contribution is -2.45. The standard InChI is InChI=1S/C21H24N2O6/c1-21(2,3)29-19(24)18(13-15-9-11-17(12-10-15)23(26)27)22-20(25)28-14-16-7-5-4-6-8-16/h4-12,18H,13-14H2,1-3H3,(H,22,25). The Morgan fingerprint density at radius 3 is 2.21 bits per heavy atom. The maximum atomic E-state index is 12.5. The fraction of sp³-hybridized carbons (Fsp3) is 0.333. The van der Waals surface area contributed by atoms with Crippen molar-refractivity contribution < 1.29 is 24.0 Å². The summed E-state index contributed by atoms with van der Waals surface area (Å²) in [5.74, 6) is -0.618. The Hall–Kier alpha value is -3.42. The maximum absolute atomic E-state index is 12.5. The second-order valence-corrected chi connectivity index (χ2v) is 7.42. The fourth-order valence-electron chi connectivity index (χ4n) is 2.46. The van der Waals surface area contributed by atoms with Gasteiger partial charge < -0.3 is 14.8 Å². The van der Waals surface area contributed by atoms with E-state index in [1.165, 1.54) is 24.3 Å². The number of non-ortho nitro benzene ring substituents is 1. The van der Waals surface area contributed by atoms with Gasteiger partial charge in [-0.15, -0.1) is 0 Å². The molecule has 0 aliphatic carbocycles. The third-order valence-corrected chi connectivity index (χ3v) is 3.78. The van der Waals surface area contributed by atoms with Crippen LogP contribution in [0.2, 0.25) is 0 Å². The zero-order valence-corrected chi connectivity index (χ0v) is 16.6. The summed E-state index contributed by atoms with van der Waals surface area (Å²) in [4.78, 5) is 35.0. The third-order valence-electron chi connectivity index (χ3n) is 3.78. The normalized spacial score (nSPS) is 12.0. The minimum Gasteiger partial charge on any atom is -0.458 e. The van der Waals surface area contributed by atoms with E-state index in [9.17, 15) is 19.7 Å². The highest BCUT2D eigenvalue weighted by atomic mass is 16.6. The molecule has 2 rings (SSSR count). The molecule has 0 aliphatic heterocycles. The number of benzene rings is 2. The smallest absolute Gasteiger partial charge is 0.408 e.